The third-order valence-corrected chi connectivity index (χ3v) is 2.76. The Hall–Kier alpha value is -1.88. The summed E-state index contributed by atoms with van der Waals surface area (Å²) in [6.07, 6.45) is 0.359. The van der Waals surface area contributed by atoms with Gasteiger partial charge in [-0.2, -0.15) is 0 Å². The van der Waals surface area contributed by atoms with E-state index in [0.29, 0.717) is 13.0 Å². The molecule has 1 aromatic rings. The third kappa shape index (κ3) is 1.90. The molecule has 1 unspecified atom stereocenters. The molecule has 0 spiro atoms. The minimum atomic E-state index is -0.538. The predicted octanol–water partition coefficient (Wildman–Crippen LogP) is 0.586. The highest BCUT2D eigenvalue weighted by Crippen LogP contribution is 2.27. The molecule has 3 amide bonds. The smallest absolute Gasteiger partial charge is 0.275 e. The van der Waals surface area contributed by atoms with Crippen LogP contribution in [0.4, 0.5) is 4.79 Å². The molecular formula is C11H13N3O2. The van der Waals surface area contributed by atoms with Crippen molar-refractivity contribution in [3.8, 4) is 0 Å². The van der Waals surface area contributed by atoms with E-state index in [0.717, 1.165) is 10.5 Å². The van der Waals surface area contributed by atoms with Crippen molar-refractivity contribution in [1.82, 2.24) is 10.3 Å². The Bertz CT molecular complexity index is 405. The maximum atomic E-state index is 11.6. The van der Waals surface area contributed by atoms with Gasteiger partial charge in [0.25, 0.3) is 0 Å². The molecule has 5 heteroatoms. The number of hydrogen-bond acceptors (Lipinski definition) is 3. The predicted molar refractivity (Wildman–Crippen MR) is 58.2 cm³/mol. The van der Waals surface area contributed by atoms with E-state index in [9.17, 15) is 9.59 Å². The molecule has 84 valence electrons. The van der Waals surface area contributed by atoms with Crippen LogP contribution in [0.5, 0.6) is 0 Å². The molecule has 3 N–H and O–H groups in total. The van der Waals surface area contributed by atoms with E-state index < -0.39 is 6.03 Å². The van der Waals surface area contributed by atoms with Crippen LogP contribution in [0.3, 0.4) is 0 Å². The van der Waals surface area contributed by atoms with Gasteiger partial charge in [0.05, 0.1) is 0 Å². The van der Waals surface area contributed by atoms with Gasteiger partial charge in [0.15, 0.2) is 0 Å². The molecule has 0 radical (unpaired) electrons. The van der Waals surface area contributed by atoms with Crippen molar-refractivity contribution in [2.75, 3.05) is 6.54 Å². The van der Waals surface area contributed by atoms with Crippen LogP contribution >= 0.6 is 0 Å². The zero-order valence-corrected chi connectivity index (χ0v) is 8.72. The summed E-state index contributed by atoms with van der Waals surface area (Å²) < 4.78 is 0. The standard InChI is InChI=1S/C11H13N3O2/c12-13-11(16)14-7-9(6-10(14)15)8-4-2-1-3-5-8/h1-5,9H,6-7,12H2,(H,13,16). The van der Waals surface area contributed by atoms with Crippen molar-refractivity contribution >= 4 is 11.9 Å². The van der Waals surface area contributed by atoms with Crippen LogP contribution < -0.4 is 11.3 Å². The first-order chi connectivity index (χ1) is 7.72. The average Bonchev–Trinajstić information content (AvgIpc) is 2.71. The first-order valence-electron chi connectivity index (χ1n) is 5.08. The number of likely N-dealkylation sites (tertiary alicyclic amines) is 1. The van der Waals surface area contributed by atoms with Gasteiger partial charge >= 0.3 is 6.03 Å². The Labute approximate surface area is 93.2 Å². The Balaban J connectivity index is 2.13. The van der Waals surface area contributed by atoms with Crippen molar-refractivity contribution in [2.24, 2.45) is 5.84 Å². The van der Waals surface area contributed by atoms with E-state index in [4.69, 9.17) is 5.84 Å². The maximum absolute atomic E-state index is 11.6. The van der Waals surface area contributed by atoms with Crippen LogP contribution in [0.2, 0.25) is 0 Å². The second kappa shape index (κ2) is 4.32. The lowest BCUT2D eigenvalue weighted by atomic mass is 9.99. The fraction of sp³-hybridized carbons (Fsp3) is 0.273. The molecule has 16 heavy (non-hydrogen) atoms. The molecule has 0 aromatic heterocycles. The van der Waals surface area contributed by atoms with E-state index in [2.05, 4.69) is 0 Å². The van der Waals surface area contributed by atoms with Gasteiger partial charge in [0.1, 0.15) is 0 Å². The van der Waals surface area contributed by atoms with Crippen LogP contribution in [0.25, 0.3) is 0 Å². The lowest BCUT2D eigenvalue weighted by Gasteiger charge is -2.13. The second-order valence-corrected chi connectivity index (χ2v) is 3.77. The van der Waals surface area contributed by atoms with E-state index in [-0.39, 0.29) is 11.8 Å². The number of hydrogen-bond donors (Lipinski definition) is 2. The fourth-order valence-corrected chi connectivity index (χ4v) is 1.93. The summed E-state index contributed by atoms with van der Waals surface area (Å²) in [5, 5.41) is 0. The molecule has 0 aliphatic carbocycles. The molecule has 0 bridgehead atoms. The van der Waals surface area contributed by atoms with Crippen LogP contribution in [0, 0.1) is 0 Å². The number of nitrogens with two attached hydrogens (primary N) is 1. The van der Waals surface area contributed by atoms with Gasteiger partial charge in [-0.05, 0) is 5.56 Å². The molecule has 1 heterocycles. The lowest BCUT2D eigenvalue weighted by Crippen LogP contribution is -2.44. The number of urea groups is 1. The summed E-state index contributed by atoms with van der Waals surface area (Å²) in [6.45, 7) is 0.395. The largest absolute Gasteiger partial charge is 0.338 e. The van der Waals surface area contributed by atoms with Gasteiger partial charge in [-0.15, -0.1) is 0 Å². The zero-order chi connectivity index (χ0) is 11.5. The molecule has 2 rings (SSSR count). The molecule has 1 aliphatic rings. The minimum Gasteiger partial charge on any atom is -0.275 e. The highest BCUT2D eigenvalue weighted by molar-refractivity contribution is 5.96. The molecule has 1 saturated heterocycles. The lowest BCUT2D eigenvalue weighted by molar-refractivity contribution is -0.125. The summed E-state index contributed by atoms with van der Waals surface area (Å²) in [5.41, 5.74) is 3.05. The van der Waals surface area contributed by atoms with Gasteiger partial charge < -0.3 is 0 Å². The van der Waals surface area contributed by atoms with Crippen molar-refractivity contribution in [3.63, 3.8) is 0 Å². The van der Waals surface area contributed by atoms with E-state index >= 15 is 0 Å². The van der Waals surface area contributed by atoms with Crippen molar-refractivity contribution in [1.29, 1.82) is 0 Å². The Morgan fingerprint density at radius 1 is 1.38 bits per heavy atom. The maximum Gasteiger partial charge on any atom is 0.338 e. The quantitative estimate of drug-likeness (QED) is 0.412. The Morgan fingerprint density at radius 3 is 2.69 bits per heavy atom. The number of nitrogens with one attached hydrogen (secondary N) is 1. The van der Waals surface area contributed by atoms with Gasteiger partial charge in [0.2, 0.25) is 5.91 Å². The molecule has 1 atom stereocenters. The number of carbonyl (C=O) groups is 2. The number of hydrazine groups is 1. The fourth-order valence-electron chi connectivity index (χ4n) is 1.93. The van der Waals surface area contributed by atoms with Gasteiger partial charge in [-0.1, -0.05) is 30.3 Å². The molecule has 5 nitrogen and oxygen atoms in total. The van der Waals surface area contributed by atoms with Gasteiger partial charge in [0, 0.05) is 18.9 Å². The highest BCUT2D eigenvalue weighted by Gasteiger charge is 2.34. The summed E-state index contributed by atoms with van der Waals surface area (Å²) in [7, 11) is 0. The first-order valence-corrected chi connectivity index (χ1v) is 5.08. The van der Waals surface area contributed by atoms with Crippen LogP contribution in [0.1, 0.15) is 17.9 Å². The average molecular weight is 219 g/mol. The number of benzene rings is 1. The SMILES string of the molecule is NNC(=O)N1CC(c2ccccc2)CC1=O. The monoisotopic (exact) mass is 219 g/mol. The van der Waals surface area contributed by atoms with E-state index in [1.54, 1.807) is 0 Å². The third-order valence-electron chi connectivity index (χ3n) is 2.76. The zero-order valence-electron chi connectivity index (χ0n) is 8.72. The van der Waals surface area contributed by atoms with E-state index in [1.807, 2.05) is 35.8 Å². The summed E-state index contributed by atoms with van der Waals surface area (Å²) in [4.78, 5) is 24.0. The van der Waals surface area contributed by atoms with Crippen molar-refractivity contribution < 1.29 is 9.59 Å². The van der Waals surface area contributed by atoms with Gasteiger partial charge in [-0.25, -0.2) is 10.6 Å². The Morgan fingerprint density at radius 2 is 2.06 bits per heavy atom. The van der Waals surface area contributed by atoms with Gasteiger partial charge in [-0.3, -0.25) is 15.1 Å². The second-order valence-electron chi connectivity index (χ2n) is 3.77. The van der Waals surface area contributed by atoms with Crippen LogP contribution in [-0.4, -0.2) is 23.4 Å². The summed E-state index contributed by atoms with van der Waals surface area (Å²) in [6, 6.07) is 9.15. The van der Waals surface area contributed by atoms with Crippen LogP contribution in [0.15, 0.2) is 30.3 Å². The topological polar surface area (TPSA) is 75.4 Å². The number of carbonyl (C=O) groups excluding carboxylic acids is 2. The molecule has 1 aromatic carbocycles. The van der Waals surface area contributed by atoms with Crippen molar-refractivity contribution in [3.05, 3.63) is 35.9 Å². The van der Waals surface area contributed by atoms with Crippen LogP contribution in [-0.2, 0) is 4.79 Å². The highest BCUT2D eigenvalue weighted by atomic mass is 16.2. The Kier molecular flexibility index (Phi) is 2.87. The number of imide groups is 1. The van der Waals surface area contributed by atoms with Crippen molar-refractivity contribution in [2.45, 2.75) is 12.3 Å². The molecular weight excluding hydrogens is 206 g/mol. The summed E-state index contributed by atoms with van der Waals surface area (Å²) >= 11 is 0. The minimum absolute atomic E-state index is 0.0750. The first kappa shape index (κ1) is 10.6. The molecule has 1 fully saturated rings. The number of rotatable bonds is 1. The number of nitrogens with zero attached hydrogens (tertiary/aromatic N) is 1. The summed E-state index contributed by atoms with van der Waals surface area (Å²) in [5.74, 6) is 4.90. The normalized spacial score (nSPS) is 19.9. The molecule has 1 aliphatic heterocycles. The number of amides is 3. The van der Waals surface area contributed by atoms with E-state index in [1.165, 1.54) is 0 Å². The molecule has 0 saturated carbocycles.